The van der Waals surface area contributed by atoms with Crippen LogP contribution < -0.4 is 16.1 Å². The molecule has 1 saturated heterocycles. The van der Waals surface area contributed by atoms with Crippen molar-refractivity contribution in [1.29, 1.82) is 0 Å². The minimum absolute atomic E-state index is 0.225. The topological polar surface area (TPSA) is 81.7 Å². The van der Waals surface area contributed by atoms with Gasteiger partial charge in [0.2, 0.25) is 0 Å². The molecule has 1 fully saturated rings. The number of hydrogen-bond donors (Lipinski definition) is 0. The molecule has 0 atom stereocenters. The molecule has 31 heavy (non-hydrogen) atoms. The number of ether oxygens (including phenoxy) is 1. The molecule has 0 unspecified atom stereocenters. The Morgan fingerprint density at radius 3 is 2.58 bits per heavy atom. The Morgan fingerprint density at radius 2 is 1.90 bits per heavy atom. The number of aliphatic imine (C=N–C) groups is 1. The van der Waals surface area contributed by atoms with Gasteiger partial charge in [0, 0.05) is 61.6 Å². The van der Waals surface area contributed by atoms with Gasteiger partial charge in [0.15, 0.2) is 5.65 Å². The zero-order valence-corrected chi connectivity index (χ0v) is 18.9. The molecule has 0 spiro atoms. The van der Waals surface area contributed by atoms with Crippen LogP contribution in [0, 0.1) is 5.82 Å². The molecule has 3 aromatic rings. The Bertz CT molecular complexity index is 1330. The number of anilines is 1. The second-order valence-corrected chi connectivity index (χ2v) is 8.09. The average molecular weight is 490 g/mol. The number of aryl methyl sites for hydroxylation is 1. The molecule has 4 rings (SSSR count). The highest BCUT2D eigenvalue weighted by molar-refractivity contribution is 9.10. The monoisotopic (exact) mass is 489 g/mol. The zero-order chi connectivity index (χ0) is 22.3. The number of nitrogens with zero attached hydrogens (tertiary/aromatic N) is 5. The Balaban J connectivity index is 2.26. The maximum Gasteiger partial charge on any atom is 0.332 e. The van der Waals surface area contributed by atoms with Gasteiger partial charge < -0.3 is 9.64 Å². The molecule has 3 heterocycles. The fraction of sp³-hybridized carbons (Fsp3) is 0.333. The van der Waals surface area contributed by atoms with Crippen molar-refractivity contribution in [2.45, 2.75) is 0 Å². The third-order valence-corrected chi connectivity index (χ3v) is 6.06. The van der Waals surface area contributed by atoms with Crippen molar-refractivity contribution in [3.05, 3.63) is 54.9 Å². The summed E-state index contributed by atoms with van der Waals surface area (Å²) in [5.74, 6) is 0.118. The van der Waals surface area contributed by atoms with Gasteiger partial charge in [-0.2, -0.15) is 0 Å². The molecule has 0 saturated carbocycles. The molecule has 1 aliphatic heterocycles. The minimum Gasteiger partial charge on any atom is -0.378 e. The second kappa shape index (κ2) is 8.35. The normalized spacial score (nSPS) is 14.7. The lowest BCUT2D eigenvalue weighted by Gasteiger charge is -2.30. The quantitative estimate of drug-likeness (QED) is 0.526. The van der Waals surface area contributed by atoms with Crippen molar-refractivity contribution in [2.24, 2.45) is 19.1 Å². The van der Waals surface area contributed by atoms with Crippen LogP contribution in [0.15, 0.2) is 37.3 Å². The summed E-state index contributed by atoms with van der Waals surface area (Å²) in [7, 11) is 4.60. The van der Waals surface area contributed by atoms with E-state index in [0.29, 0.717) is 53.3 Å². The lowest BCUT2D eigenvalue weighted by Crippen LogP contribution is -2.40. The van der Waals surface area contributed by atoms with E-state index in [1.165, 1.54) is 23.7 Å². The van der Waals surface area contributed by atoms with Crippen LogP contribution in [0.5, 0.6) is 0 Å². The van der Waals surface area contributed by atoms with Crippen LogP contribution in [-0.4, -0.2) is 53.7 Å². The Morgan fingerprint density at radius 1 is 1.19 bits per heavy atom. The first-order valence-electron chi connectivity index (χ1n) is 9.69. The molecule has 10 heteroatoms. The first-order chi connectivity index (χ1) is 14.8. The van der Waals surface area contributed by atoms with Crippen LogP contribution >= 0.6 is 15.9 Å². The molecule has 0 aliphatic carbocycles. The smallest absolute Gasteiger partial charge is 0.332 e. The van der Waals surface area contributed by atoms with Crippen LogP contribution in [0.3, 0.4) is 0 Å². The number of aromatic nitrogens is 3. The van der Waals surface area contributed by atoms with Crippen molar-refractivity contribution < 1.29 is 9.13 Å². The molecule has 1 aromatic carbocycles. The lowest BCUT2D eigenvalue weighted by atomic mass is 9.97. The van der Waals surface area contributed by atoms with Crippen LogP contribution in [0.25, 0.3) is 22.2 Å². The van der Waals surface area contributed by atoms with E-state index >= 15 is 0 Å². The van der Waals surface area contributed by atoms with Gasteiger partial charge in [0.05, 0.1) is 18.6 Å². The first-order valence-corrected chi connectivity index (χ1v) is 10.5. The number of morpholine rings is 1. The maximum absolute atomic E-state index is 14.3. The Hall–Kier alpha value is -2.85. The molecule has 162 valence electrons. The highest BCUT2D eigenvalue weighted by atomic mass is 79.9. The number of hydrogen-bond acceptors (Lipinski definition) is 6. The number of pyridine rings is 1. The van der Waals surface area contributed by atoms with Crippen LogP contribution in [-0.2, 0) is 18.8 Å². The highest BCUT2D eigenvalue weighted by Crippen LogP contribution is 2.38. The van der Waals surface area contributed by atoms with Crippen molar-refractivity contribution in [3.8, 4) is 11.1 Å². The van der Waals surface area contributed by atoms with Crippen molar-refractivity contribution in [1.82, 2.24) is 14.1 Å². The van der Waals surface area contributed by atoms with Gasteiger partial charge in [-0.3, -0.25) is 18.9 Å². The lowest BCUT2D eigenvalue weighted by molar-refractivity contribution is 0.122. The highest BCUT2D eigenvalue weighted by Gasteiger charge is 2.26. The first kappa shape index (κ1) is 21.4. The van der Waals surface area contributed by atoms with Gasteiger partial charge in [-0.15, -0.1) is 0 Å². The number of fused-ring (bicyclic) bond motifs is 1. The predicted molar refractivity (Wildman–Crippen MR) is 122 cm³/mol. The Kier molecular flexibility index (Phi) is 5.76. The fourth-order valence-corrected chi connectivity index (χ4v) is 4.27. The van der Waals surface area contributed by atoms with Crippen molar-refractivity contribution in [2.75, 3.05) is 38.3 Å². The molecule has 0 amide bonds. The summed E-state index contributed by atoms with van der Waals surface area (Å²) in [6.45, 7) is 2.23. The van der Waals surface area contributed by atoms with Crippen LogP contribution in [0.4, 0.5) is 10.2 Å². The molecular weight excluding hydrogens is 469 g/mol. The van der Waals surface area contributed by atoms with Gasteiger partial charge in [0.1, 0.15) is 11.6 Å². The van der Waals surface area contributed by atoms with Crippen molar-refractivity contribution in [3.63, 3.8) is 0 Å². The third kappa shape index (κ3) is 3.59. The standard InChI is InChI=1S/C21H21BrFN5O3/c1-24-11-14-16(13-10-12(23)4-5-15(13)22)17-19(26(2)21(30)27(3)20(17)29)25-18(14)28-6-8-31-9-7-28/h4-5,10-11H,6-9H2,1-3H3. The number of rotatable bonds is 3. The molecule has 2 aromatic heterocycles. The summed E-state index contributed by atoms with van der Waals surface area (Å²) in [6, 6.07) is 4.28. The SMILES string of the molecule is CN=Cc1c(N2CCOCC2)nc2c(c1-c1cc(F)ccc1Br)c(=O)n(C)c(=O)n2C. The van der Waals surface area contributed by atoms with Gasteiger partial charge in [-0.25, -0.2) is 14.2 Å². The summed E-state index contributed by atoms with van der Waals surface area (Å²) in [6.07, 6.45) is 1.62. The average Bonchev–Trinajstić information content (AvgIpc) is 2.78. The zero-order valence-electron chi connectivity index (χ0n) is 17.4. The molecule has 0 radical (unpaired) electrons. The third-order valence-electron chi connectivity index (χ3n) is 5.37. The van der Waals surface area contributed by atoms with E-state index < -0.39 is 17.1 Å². The van der Waals surface area contributed by atoms with Crippen LogP contribution in [0.2, 0.25) is 0 Å². The van der Waals surface area contributed by atoms with Gasteiger partial charge in [-0.05, 0) is 18.2 Å². The van der Waals surface area contributed by atoms with Gasteiger partial charge >= 0.3 is 5.69 Å². The summed E-state index contributed by atoms with van der Waals surface area (Å²) in [4.78, 5) is 36.8. The summed E-state index contributed by atoms with van der Waals surface area (Å²) >= 11 is 3.49. The second-order valence-electron chi connectivity index (χ2n) is 7.24. The van der Waals surface area contributed by atoms with E-state index in [9.17, 15) is 14.0 Å². The van der Waals surface area contributed by atoms with Gasteiger partial charge in [0.25, 0.3) is 5.56 Å². The Labute approximate surface area is 185 Å². The molecule has 1 aliphatic rings. The van der Waals surface area contributed by atoms with E-state index in [1.807, 2.05) is 4.90 Å². The maximum atomic E-state index is 14.3. The molecule has 0 bridgehead atoms. The molecular formula is C21H21BrFN5O3. The van der Waals surface area contributed by atoms with Crippen molar-refractivity contribution >= 4 is 39.0 Å². The fourth-order valence-electron chi connectivity index (χ4n) is 3.83. The largest absolute Gasteiger partial charge is 0.378 e. The van der Waals surface area contributed by atoms with Gasteiger partial charge in [-0.1, -0.05) is 15.9 Å². The van der Waals surface area contributed by atoms with E-state index in [-0.39, 0.29) is 11.0 Å². The summed E-state index contributed by atoms with van der Waals surface area (Å²) in [5.41, 5.74) is 0.773. The van der Waals surface area contributed by atoms with E-state index in [2.05, 4.69) is 20.9 Å². The minimum atomic E-state index is -0.504. The molecule has 0 N–H and O–H groups in total. The number of benzene rings is 1. The number of halogens is 2. The molecule has 8 nitrogen and oxygen atoms in total. The summed E-state index contributed by atoms with van der Waals surface area (Å²) in [5, 5.41) is 0.225. The van der Waals surface area contributed by atoms with E-state index in [1.54, 1.807) is 26.4 Å². The van der Waals surface area contributed by atoms with E-state index in [4.69, 9.17) is 9.72 Å². The van der Waals surface area contributed by atoms with Crippen LogP contribution in [0.1, 0.15) is 5.56 Å². The van der Waals surface area contributed by atoms with E-state index in [0.717, 1.165) is 4.57 Å². The summed E-state index contributed by atoms with van der Waals surface area (Å²) < 4.78 is 22.7. The predicted octanol–water partition coefficient (Wildman–Crippen LogP) is 2.09.